The molecule has 2 aromatic rings. The van der Waals surface area contributed by atoms with Crippen LogP contribution in [0.25, 0.3) is 0 Å². The number of anilines is 1. The highest BCUT2D eigenvalue weighted by atomic mass is 16.7. The smallest absolute Gasteiger partial charge is 0.429 e. The number of rotatable bonds is 20. The molecule has 1 aliphatic heterocycles. The van der Waals surface area contributed by atoms with Crippen LogP contribution in [0.5, 0.6) is 5.75 Å². The van der Waals surface area contributed by atoms with Gasteiger partial charge in [-0.05, 0) is 61.4 Å². The molecule has 53 heavy (non-hydrogen) atoms. The second kappa shape index (κ2) is 20.7. The minimum atomic E-state index is -1.02. The number of carbonyl (C=O) groups is 7. The van der Waals surface area contributed by atoms with Gasteiger partial charge in [0.2, 0.25) is 23.6 Å². The predicted molar refractivity (Wildman–Crippen MR) is 190 cm³/mol. The second-order valence-electron chi connectivity index (χ2n) is 12.5. The average Bonchev–Trinajstić information content (AvgIpc) is 3.43. The molecule has 0 bridgehead atoms. The van der Waals surface area contributed by atoms with Gasteiger partial charge in [-0.15, -0.1) is 0 Å². The lowest BCUT2D eigenvalue weighted by molar-refractivity contribution is -0.384. The van der Waals surface area contributed by atoms with Gasteiger partial charge >= 0.3 is 6.16 Å². The van der Waals surface area contributed by atoms with E-state index in [-0.39, 0.29) is 73.5 Å². The third-order valence-corrected chi connectivity index (χ3v) is 7.96. The topological polar surface area (TPSA) is 232 Å². The summed E-state index contributed by atoms with van der Waals surface area (Å²) in [5.41, 5.74) is 0.790. The fraction of sp³-hybridized carbons (Fsp3) is 0.417. The zero-order chi connectivity index (χ0) is 38.9. The first-order chi connectivity index (χ1) is 25.2. The number of unbranched alkanes of at least 4 members (excludes halogenated alkanes) is 2. The Labute approximate surface area is 306 Å². The fourth-order valence-corrected chi connectivity index (χ4v) is 5.08. The normalized spacial score (nSPS) is 13.2. The monoisotopic (exact) mass is 736 g/mol. The molecule has 0 fully saturated rings. The van der Waals surface area contributed by atoms with Gasteiger partial charge in [-0.1, -0.05) is 32.4 Å². The number of hydrogen-bond donors (Lipinski definition) is 4. The molecule has 0 spiro atoms. The molecule has 0 saturated carbocycles. The Hall–Kier alpha value is -6.13. The van der Waals surface area contributed by atoms with Crippen LogP contribution >= 0.6 is 0 Å². The maximum atomic E-state index is 13.4. The van der Waals surface area contributed by atoms with Crippen LogP contribution in [-0.2, 0) is 40.1 Å². The van der Waals surface area contributed by atoms with Crippen molar-refractivity contribution in [3.8, 4) is 5.75 Å². The van der Waals surface area contributed by atoms with E-state index >= 15 is 0 Å². The molecular weight excluding hydrogens is 692 g/mol. The zero-order valence-corrected chi connectivity index (χ0v) is 29.8. The molecule has 0 unspecified atom stereocenters. The molecule has 17 nitrogen and oxygen atoms in total. The maximum Gasteiger partial charge on any atom is 0.514 e. The fourth-order valence-electron chi connectivity index (χ4n) is 5.08. The van der Waals surface area contributed by atoms with Crippen LogP contribution in [0.3, 0.4) is 0 Å². The Bertz CT molecular complexity index is 1660. The summed E-state index contributed by atoms with van der Waals surface area (Å²) in [6.45, 7) is 5.26. The molecule has 2 aromatic carbocycles. The van der Waals surface area contributed by atoms with Crippen molar-refractivity contribution in [3.63, 3.8) is 0 Å². The van der Waals surface area contributed by atoms with E-state index in [1.54, 1.807) is 38.1 Å². The number of nitro groups is 1. The van der Waals surface area contributed by atoms with Crippen molar-refractivity contribution in [3.05, 3.63) is 76.4 Å². The lowest BCUT2D eigenvalue weighted by Gasteiger charge is -2.25. The van der Waals surface area contributed by atoms with Gasteiger partial charge in [0.25, 0.3) is 17.5 Å². The van der Waals surface area contributed by atoms with Gasteiger partial charge < -0.3 is 30.7 Å². The summed E-state index contributed by atoms with van der Waals surface area (Å²) in [6.07, 6.45) is 3.69. The highest BCUT2D eigenvalue weighted by Gasteiger charge is 2.29. The van der Waals surface area contributed by atoms with Gasteiger partial charge in [0, 0.05) is 56.4 Å². The lowest BCUT2D eigenvalue weighted by Crippen LogP contribution is -2.54. The highest BCUT2D eigenvalue weighted by Crippen LogP contribution is 2.18. The zero-order valence-electron chi connectivity index (χ0n) is 29.8. The van der Waals surface area contributed by atoms with E-state index in [0.717, 1.165) is 4.90 Å². The van der Waals surface area contributed by atoms with Gasteiger partial charge in [0.05, 0.1) is 4.92 Å². The molecule has 1 heterocycles. The molecular formula is C36H44N6O11. The third-order valence-electron chi connectivity index (χ3n) is 7.96. The van der Waals surface area contributed by atoms with Crippen LogP contribution < -0.4 is 26.0 Å². The Morgan fingerprint density at radius 2 is 1.51 bits per heavy atom. The quantitative estimate of drug-likeness (QED) is 0.0385. The average molecular weight is 737 g/mol. The number of hydrogen-bond acceptors (Lipinski definition) is 11. The summed E-state index contributed by atoms with van der Waals surface area (Å²) < 4.78 is 10.1. The Balaban J connectivity index is 1.52. The van der Waals surface area contributed by atoms with Crippen molar-refractivity contribution in [1.29, 1.82) is 0 Å². The first-order valence-corrected chi connectivity index (χ1v) is 17.1. The summed E-state index contributed by atoms with van der Waals surface area (Å²) in [6, 6.07) is 9.30. The SMILES string of the molecule is CC(=O)NCCC[C@H](NC(=O)[C@@H](NC(=O)CCCCCN1C(=O)C=CC1=O)C(C)C)C(=O)Nc1ccc(COC(=O)Oc2ccc([N+](=O)[O-])cc2)cc1. The van der Waals surface area contributed by atoms with Crippen LogP contribution in [0.15, 0.2) is 60.7 Å². The van der Waals surface area contributed by atoms with E-state index in [4.69, 9.17) is 9.47 Å². The van der Waals surface area contributed by atoms with Crippen molar-refractivity contribution in [2.75, 3.05) is 18.4 Å². The molecule has 0 saturated heterocycles. The molecule has 1 aliphatic rings. The van der Waals surface area contributed by atoms with Gasteiger partial charge in [0.1, 0.15) is 24.4 Å². The van der Waals surface area contributed by atoms with Gasteiger partial charge in [0.15, 0.2) is 0 Å². The largest absolute Gasteiger partial charge is 0.514 e. The number of carbonyl (C=O) groups excluding carboxylic acids is 7. The molecule has 0 aromatic heterocycles. The summed E-state index contributed by atoms with van der Waals surface area (Å²) in [4.78, 5) is 97.7. The van der Waals surface area contributed by atoms with Crippen molar-refractivity contribution in [1.82, 2.24) is 20.9 Å². The van der Waals surface area contributed by atoms with Gasteiger partial charge in [-0.2, -0.15) is 0 Å². The van der Waals surface area contributed by atoms with Crippen molar-refractivity contribution < 1.29 is 48.0 Å². The first kappa shape index (κ1) is 41.3. The Kier molecular flexibility index (Phi) is 16.1. The van der Waals surface area contributed by atoms with E-state index in [0.29, 0.717) is 36.9 Å². The molecule has 284 valence electrons. The molecule has 17 heteroatoms. The predicted octanol–water partition coefficient (Wildman–Crippen LogP) is 3.28. The van der Waals surface area contributed by atoms with Crippen LogP contribution in [-0.4, -0.2) is 76.6 Å². The van der Waals surface area contributed by atoms with Gasteiger partial charge in [-0.3, -0.25) is 43.8 Å². The maximum absolute atomic E-state index is 13.4. The van der Waals surface area contributed by atoms with E-state index in [9.17, 15) is 43.7 Å². The molecule has 0 aliphatic carbocycles. The highest BCUT2D eigenvalue weighted by molar-refractivity contribution is 6.12. The Morgan fingerprint density at radius 3 is 2.11 bits per heavy atom. The number of non-ortho nitro benzene ring substituents is 1. The van der Waals surface area contributed by atoms with Crippen LogP contribution in [0.1, 0.15) is 64.9 Å². The number of nitro benzene ring substituents is 1. The summed E-state index contributed by atoms with van der Waals surface area (Å²) >= 11 is 0. The molecule has 4 N–H and O–H groups in total. The van der Waals surface area contributed by atoms with Crippen LogP contribution in [0.2, 0.25) is 0 Å². The second-order valence-corrected chi connectivity index (χ2v) is 12.5. The van der Waals surface area contributed by atoms with Crippen molar-refractivity contribution in [2.45, 2.75) is 78.0 Å². The van der Waals surface area contributed by atoms with Crippen LogP contribution in [0, 0.1) is 16.0 Å². The van der Waals surface area contributed by atoms with E-state index in [1.165, 1.54) is 43.3 Å². The number of nitrogens with one attached hydrogen (secondary N) is 4. The number of ether oxygens (including phenoxy) is 2. The van der Waals surface area contributed by atoms with Crippen molar-refractivity contribution >= 4 is 53.0 Å². The lowest BCUT2D eigenvalue weighted by atomic mass is 10.0. The number of nitrogens with zero attached hydrogens (tertiary/aromatic N) is 2. The molecule has 0 radical (unpaired) electrons. The summed E-state index contributed by atoms with van der Waals surface area (Å²) in [7, 11) is 0. The first-order valence-electron chi connectivity index (χ1n) is 17.1. The van der Waals surface area contributed by atoms with Gasteiger partial charge in [-0.25, -0.2) is 4.79 Å². The number of imide groups is 1. The molecule has 6 amide bonds. The van der Waals surface area contributed by atoms with Crippen LogP contribution in [0.4, 0.5) is 16.2 Å². The van der Waals surface area contributed by atoms with Crippen molar-refractivity contribution in [2.24, 2.45) is 5.92 Å². The Morgan fingerprint density at radius 1 is 0.849 bits per heavy atom. The third kappa shape index (κ3) is 14.2. The summed E-state index contributed by atoms with van der Waals surface area (Å²) in [5, 5.41) is 21.7. The van der Waals surface area contributed by atoms with E-state index in [1.807, 2.05) is 0 Å². The number of benzene rings is 2. The summed E-state index contributed by atoms with van der Waals surface area (Å²) in [5.74, 6) is -2.65. The van der Waals surface area contributed by atoms with E-state index in [2.05, 4.69) is 21.3 Å². The van der Waals surface area contributed by atoms with E-state index < -0.39 is 35.0 Å². The molecule has 3 rings (SSSR count). The standard InChI is InChI=1S/C36H44N6O11/c1-23(2)33(40-30(44)9-5-4-6-21-41-31(45)18-19-32(41)46)35(48)39-29(8-7-20-37-24(3)43)34(47)38-26-12-10-25(11-13-26)22-52-36(49)53-28-16-14-27(15-17-28)42(50)51/h10-19,23,29,33H,4-9,20-22H2,1-3H3,(H,37,43)(H,38,47)(H,39,48)(H,40,44)/t29-,33-/m0/s1. The molecule has 2 atom stereocenters. The minimum Gasteiger partial charge on any atom is -0.429 e. The number of amides is 6. The minimum absolute atomic E-state index is 0.0669.